The second kappa shape index (κ2) is 6.75. The van der Waals surface area contributed by atoms with Gasteiger partial charge in [-0.05, 0) is 44.5 Å². The number of nitrogens with zero attached hydrogens (tertiary/aromatic N) is 1. The fourth-order valence-corrected chi connectivity index (χ4v) is 2.32. The highest BCUT2D eigenvalue weighted by Gasteiger charge is 2.32. The zero-order chi connectivity index (χ0) is 16.2. The summed E-state index contributed by atoms with van der Waals surface area (Å²) in [6.45, 7) is 6.11. The van der Waals surface area contributed by atoms with Crippen molar-refractivity contribution in [3.8, 4) is 5.75 Å². The number of hydrogen-bond donors (Lipinski definition) is 1. The van der Waals surface area contributed by atoms with Gasteiger partial charge in [0.15, 0.2) is 0 Å². The number of ether oxygens (including phenoxy) is 2. The van der Waals surface area contributed by atoms with Gasteiger partial charge in [0.25, 0.3) is 5.91 Å². The fraction of sp³-hybridized carbons (Fsp3) is 0.412. The molecule has 0 spiro atoms. The minimum absolute atomic E-state index is 0.160. The SMILES string of the molecule is CCO[C@@](C)(CC)C(=O)Nc1ccc(OC)c2ncccc12. The number of methoxy groups -OCH3 is 1. The van der Waals surface area contributed by atoms with Crippen molar-refractivity contribution >= 4 is 22.5 Å². The van der Waals surface area contributed by atoms with Crippen LogP contribution in [-0.2, 0) is 9.53 Å². The molecule has 0 bridgehead atoms. The van der Waals surface area contributed by atoms with Crippen LogP contribution in [0.1, 0.15) is 27.2 Å². The van der Waals surface area contributed by atoms with Crippen LogP contribution in [0.25, 0.3) is 10.9 Å². The second-order valence-electron chi connectivity index (χ2n) is 5.19. The third-order valence-corrected chi connectivity index (χ3v) is 3.82. The summed E-state index contributed by atoms with van der Waals surface area (Å²) in [5, 5.41) is 3.79. The molecular weight excluding hydrogens is 280 g/mol. The van der Waals surface area contributed by atoms with Gasteiger partial charge in [0.05, 0.1) is 12.8 Å². The van der Waals surface area contributed by atoms with Crippen LogP contribution >= 0.6 is 0 Å². The molecule has 1 atom stereocenters. The Balaban J connectivity index is 2.38. The molecule has 2 aromatic rings. The number of rotatable bonds is 6. The predicted octanol–water partition coefficient (Wildman–Crippen LogP) is 3.39. The van der Waals surface area contributed by atoms with Crippen molar-refractivity contribution in [3.63, 3.8) is 0 Å². The molecule has 1 heterocycles. The van der Waals surface area contributed by atoms with Gasteiger partial charge in [0, 0.05) is 18.2 Å². The number of carbonyl (C=O) groups is 1. The number of pyridine rings is 1. The third-order valence-electron chi connectivity index (χ3n) is 3.82. The lowest BCUT2D eigenvalue weighted by Gasteiger charge is -2.27. The van der Waals surface area contributed by atoms with E-state index < -0.39 is 5.60 Å². The first kappa shape index (κ1) is 16.2. The lowest BCUT2D eigenvalue weighted by atomic mass is 10.0. The molecule has 0 unspecified atom stereocenters. The maximum absolute atomic E-state index is 12.6. The molecule has 0 saturated carbocycles. The third kappa shape index (κ3) is 3.04. The van der Waals surface area contributed by atoms with Gasteiger partial charge < -0.3 is 14.8 Å². The van der Waals surface area contributed by atoms with Crippen molar-refractivity contribution in [1.29, 1.82) is 0 Å². The lowest BCUT2D eigenvalue weighted by molar-refractivity contribution is -0.139. The van der Waals surface area contributed by atoms with E-state index >= 15 is 0 Å². The Bertz CT molecular complexity index is 672. The Hall–Kier alpha value is -2.14. The quantitative estimate of drug-likeness (QED) is 0.888. The summed E-state index contributed by atoms with van der Waals surface area (Å²) >= 11 is 0. The maximum Gasteiger partial charge on any atom is 0.256 e. The Morgan fingerprint density at radius 3 is 2.73 bits per heavy atom. The number of nitrogens with one attached hydrogen (secondary N) is 1. The first-order valence-electron chi connectivity index (χ1n) is 7.42. The van der Waals surface area contributed by atoms with E-state index in [-0.39, 0.29) is 5.91 Å². The summed E-state index contributed by atoms with van der Waals surface area (Å²) < 4.78 is 10.9. The van der Waals surface area contributed by atoms with Gasteiger partial charge in [0.2, 0.25) is 0 Å². The Kier molecular flexibility index (Phi) is 4.98. The zero-order valence-electron chi connectivity index (χ0n) is 13.5. The molecule has 22 heavy (non-hydrogen) atoms. The van der Waals surface area contributed by atoms with Crippen molar-refractivity contribution in [2.24, 2.45) is 0 Å². The zero-order valence-corrected chi connectivity index (χ0v) is 13.5. The molecule has 0 aliphatic heterocycles. The van der Waals surface area contributed by atoms with E-state index in [4.69, 9.17) is 9.47 Å². The summed E-state index contributed by atoms with van der Waals surface area (Å²) in [6, 6.07) is 7.36. The summed E-state index contributed by atoms with van der Waals surface area (Å²) in [6.07, 6.45) is 2.30. The molecule has 0 fully saturated rings. The van der Waals surface area contributed by atoms with Crippen LogP contribution in [0.2, 0.25) is 0 Å². The largest absolute Gasteiger partial charge is 0.494 e. The average molecular weight is 302 g/mol. The van der Waals surface area contributed by atoms with Gasteiger partial charge in [-0.1, -0.05) is 6.92 Å². The number of aromatic nitrogens is 1. The highest BCUT2D eigenvalue weighted by atomic mass is 16.5. The van der Waals surface area contributed by atoms with E-state index in [1.807, 2.05) is 32.0 Å². The number of carbonyl (C=O) groups excluding carboxylic acids is 1. The van der Waals surface area contributed by atoms with E-state index in [0.717, 1.165) is 10.9 Å². The summed E-state index contributed by atoms with van der Waals surface area (Å²) in [4.78, 5) is 16.9. The molecule has 0 radical (unpaired) electrons. The van der Waals surface area contributed by atoms with E-state index in [1.54, 1.807) is 26.3 Å². The van der Waals surface area contributed by atoms with Gasteiger partial charge in [-0.2, -0.15) is 0 Å². The molecule has 5 nitrogen and oxygen atoms in total. The summed E-state index contributed by atoms with van der Waals surface area (Å²) in [7, 11) is 1.60. The van der Waals surface area contributed by atoms with Crippen molar-refractivity contribution in [1.82, 2.24) is 4.98 Å². The highest BCUT2D eigenvalue weighted by molar-refractivity contribution is 6.05. The normalized spacial score (nSPS) is 13.6. The van der Waals surface area contributed by atoms with Crippen molar-refractivity contribution in [2.45, 2.75) is 32.8 Å². The van der Waals surface area contributed by atoms with Crippen molar-refractivity contribution in [3.05, 3.63) is 30.5 Å². The monoisotopic (exact) mass is 302 g/mol. The maximum atomic E-state index is 12.6. The summed E-state index contributed by atoms with van der Waals surface area (Å²) in [5.41, 5.74) is 0.578. The van der Waals surface area contributed by atoms with E-state index in [9.17, 15) is 4.79 Å². The number of anilines is 1. The van der Waals surface area contributed by atoms with Crippen molar-refractivity contribution < 1.29 is 14.3 Å². The lowest BCUT2D eigenvalue weighted by Crippen LogP contribution is -2.42. The fourth-order valence-electron chi connectivity index (χ4n) is 2.32. The van der Waals surface area contributed by atoms with Crippen LogP contribution in [0.15, 0.2) is 30.5 Å². The van der Waals surface area contributed by atoms with Gasteiger partial charge in [0.1, 0.15) is 16.9 Å². The minimum Gasteiger partial charge on any atom is -0.494 e. The van der Waals surface area contributed by atoms with E-state index in [1.165, 1.54) is 0 Å². The topological polar surface area (TPSA) is 60.5 Å². The van der Waals surface area contributed by atoms with Gasteiger partial charge >= 0.3 is 0 Å². The minimum atomic E-state index is -0.844. The molecule has 5 heteroatoms. The standard InChI is InChI=1S/C17H22N2O3/c1-5-17(3,22-6-2)16(20)19-13-9-10-14(21-4)15-12(13)8-7-11-18-15/h7-11H,5-6H2,1-4H3,(H,19,20)/t17-/m0/s1. The Morgan fingerprint density at radius 2 is 2.09 bits per heavy atom. The smallest absolute Gasteiger partial charge is 0.256 e. The molecular formula is C17H22N2O3. The van der Waals surface area contributed by atoms with Crippen LogP contribution in [0, 0.1) is 0 Å². The molecule has 1 aromatic heterocycles. The number of hydrogen-bond acceptors (Lipinski definition) is 4. The molecule has 0 saturated heterocycles. The average Bonchev–Trinajstić information content (AvgIpc) is 2.55. The van der Waals surface area contributed by atoms with Crippen LogP contribution in [-0.4, -0.2) is 30.2 Å². The highest BCUT2D eigenvalue weighted by Crippen LogP contribution is 2.30. The Morgan fingerprint density at radius 1 is 1.32 bits per heavy atom. The molecule has 118 valence electrons. The van der Waals surface area contributed by atoms with Crippen LogP contribution < -0.4 is 10.1 Å². The van der Waals surface area contributed by atoms with Gasteiger partial charge in [-0.15, -0.1) is 0 Å². The molecule has 1 amide bonds. The number of fused-ring (bicyclic) bond motifs is 1. The Labute approximate surface area is 130 Å². The second-order valence-corrected chi connectivity index (χ2v) is 5.19. The van der Waals surface area contributed by atoms with Crippen LogP contribution in [0.3, 0.4) is 0 Å². The molecule has 0 aliphatic carbocycles. The summed E-state index contributed by atoms with van der Waals surface area (Å²) in [5.74, 6) is 0.517. The number of benzene rings is 1. The molecule has 1 aromatic carbocycles. The predicted molar refractivity (Wildman–Crippen MR) is 87.2 cm³/mol. The molecule has 0 aliphatic rings. The number of amides is 1. The van der Waals surface area contributed by atoms with Gasteiger partial charge in [-0.3, -0.25) is 9.78 Å². The van der Waals surface area contributed by atoms with Crippen LogP contribution in [0.5, 0.6) is 5.75 Å². The van der Waals surface area contributed by atoms with Crippen molar-refractivity contribution in [2.75, 3.05) is 19.0 Å². The molecule has 2 rings (SSSR count). The van der Waals surface area contributed by atoms with E-state index in [0.29, 0.717) is 24.5 Å². The van der Waals surface area contributed by atoms with E-state index in [2.05, 4.69) is 10.3 Å². The first-order chi connectivity index (χ1) is 10.6. The van der Waals surface area contributed by atoms with Gasteiger partial charge in [-0.25, -0.2) is 0 Å². The first-order valence-corrected chi connectivity index (χ1v) is 7.42. The van der Waals surface area contributed by atoms with Crippen LogP contribution in [0.4, 0.5) is 5.69 Å². The molecule has 1 N–H and O–H groups in total.